The van der Waals surface area contributed by atoms with Gasteiger partial charge in [0.15, 0.2) is 0 Å². The maximum absolute atomic E-state index is 10.7. The number of rotatable bonds is 39. The minimum Gasteiger partial charge on any atom is -0.370 e. The molecule has 0 saturated heterocycles. The van der Waals surface area contributed by atoms with Crippen LogP contribution in [0.3, 0.4) is 0 Å². The molecule has 0 aromatic heterocycles. The van der Waals surface area contributed by atoms with Crippen molar-refractivity contribution in [1.82, 2.24) is 0 Å². The van der Waals surface area contributed by atoms with Crippen LogP contribution < -0.4 is 11.5 Å². The summed E-state index contributed by atoms with van der Waals surface area (Å²) >= 11 is 0. The summed E-state index contributed by atoms with van der Waals surface area (Å²) in [6, 6.07) is 0. The van der Waals surface area contributed by atoms with Gasteiger partial charge < -0.3 is 11.5 Å². The van der Waals surface area contributed by atoms with Crippen LogP contribution in [-0.4, -0.2) is 11.8 Å². The van der Waals surface area contributed by atoms with Gasteiger partial charge in [0.25, 0.3) is 0 Å². The molecule has 0 aliphatic rings. The lowest BCUT2D eigenvalue weighted by molar-refractivity contribution is -0.119. The number of carbonyl (C=O) groups excluding carboxylic acids is 2. The topological polar surface area (TPSA) is 86.2 Å². The molecule has 0 aromatic carbocycles. The van der Waals surface area contributed by atoms with E-state index in [2.05, 4.69) is 24.3 Å². The molecule has 0 bridgehead atoms. The van der Waals surface area contributed by atoms with E-state index in [1.54, 1.807) is 0 Å². The maximum atomic E-state index is 10.7. The van der Waals surface area contributed by atoms with Gasteiger partial charge in [0, 0.05) is 12.8 Å². The van der Waals surface area contributed by atoms with E-state index in [1.165, 1.54) is 193 Å². The number of unbranched alkanes of at least 4 members (excludes halogenated alkanes) is 31. The van der Waals surface area contributed by atoms with Gasteiger partial charge in [-0.1, -0.05) is 178 Å². The Labute approximate surface area is 287 Å². The smallest absolute Gasteiger partial charge is 0.217 e. The fraction of sp³-hybridized carbons (Fsp3) is 0.857. The highest BCUT2D eigenvalue weighted by molar-refractivity contribution is 5.73. The summed E-state index contributed by atoms with van der Waals surface area (Å²) < 4.78 is 0. The molecule has 2 amide bonds. The van der Waals surface area contributed by atoms with Crippen molar-refractivity contribution >= 4 is 11.8 Å². The van der Waals surface area contributed by atoms with Crippen molar-refractivity contribution in [1.29, 1.82) is 0 Å². The minimum absolute atomic E-state index is 0.163. The van der Waals surface area contributed by atoms with E-state index in [1.807, 2.05) is 0 Å². The zero-order valence-corrected chi connectivity index (χ0v) is 30.7. The second-order valence-corrected chi connectivity index (χ2v) is 14.1. The highest BCUT2D eigenvalue weighted by atomic mass is 16.1. The third-order valence-electron chi connectivity index (χ3n) is 9.41. The highest BCUT2D eigenvalue weighted by Crippen LogP contribution is 2.16. The van der Waals surface area contributed by atoms with Crippen LogP contribution in [0.5, 0.6) is 0 Å². The molecule has 0 unspecified atom stereocenters. The van der Waals surface area contributed by atoms with Crippen molar-refractivity contribution in [2.75, 3.05) is 0 Å². The van der Waals surface area contributed by atoms with Crippen molar-refractivity contribution < 1.29 is 9.59 Å². The van der Waals surface area contributed by atoms with E-state index in [4.69, 9.17) is 11.5 Å². The molecule has 0 saturated carbocycles. The zero-order chi connectivity index (χ0) is 33.4. The fourth-order valence-corrected chi connectivity index (χ4v) is 6.36. The average molecular weight is 645 g/mol. The largest absolute Gasteiger partial charge is 0.370 e. The summed E-state index contributed by atoms with van der Waals surface area (Å²) in [5.74, 6) is -0.325. The lowest BCUT2D eigenvalue weighted by Gasteiger charge is -2.04. The van der Waals surface area contributed by atoms with Gasteiger partial charge in [0.05, 0.1) is 0 Å². The molecule has 4 nitrogen and oxygen atoms in total. The predicted octanol–water partition coefficient (Wildman–Crippen LogP) is 13.1. The van der Waals surface area contributed by atoms with E-state index >= 15 is 0 Å². The molecule has 270 valence electrons. The Hall–Kier alpha value is -1.58. The normalized spacial score (nSPS) is 11.7. The summed E-state index contributed by atoms with van der Waals surface area (Å²) in [5, 5.41) is 0. The third-order valence-corrected chi connectivity index (χ3v) is 9.41. The monoisotopic (exact) mass is 645 g/mol. The first-order valence-corrected chi connectivity index (χ1v) is 20.5. The Morgan fingerprint density at radius 3 is 0.587 bits per heavy atom. The quantitative estimate of drug-likeness (QED) is 0.0515. The SMILES string of the molecule is NC(=O)CCCCCCC/C=C\CCCCCCCCCCCCCCCCCCCCCC/C=C\CCCCCCCC(N)=O. The van der Waals surface area contributed by atoms with Crippen molar-refractivity contribution in [3.8, 4) is 0 Å². The molecule has 0 aliphatic carbocycles. The number of nitrogens with two attached hydrogens (primary N) is 2. The Morgan fingerprint density at radius 1 is 0.261 bits per heavy atom. The highest BCUT2D eigenvalue weighted by Gasteiger charge is 1.97. The van der Waals surface area contributed by atoms with Gasteiger partial charge in [-0.3, -0.25) is 9.59 Å². The van der Waals surface area contributed by atoms with Crippen LogP contribution >= 0.6 is 0 Å². The molecule has 46 heavy (non-hydrogen) atoms. The molecule has 4 heteroatoms. The zero-order valence-electron chi connectivity index (χ0n) is 30.7. The van der Waals surface area contributed by atoms with Gasteiger partial charge >= 0.3 is 0 Å². The van der Waals surface area contributed by atoms with Gasteiger partial charge in [-0.15, -0.1) is 0 Å². The Kier molecular flexibility index (Phi) is 38.2. The standard InChI is InChI=1S/C42H80N2O2/c43-41(45)39-37-35-33-31-29-27-25-23-21-19-17-15-13-11-9-7-5-3-1-2-4-6-8-10-12-14-16-18-20-22-24-26-28-30-32-34-36-38-40-42(44)46/h23-26H,1-22,27-40H2,(H2,43,45)(H2,44,46)/b25-23-,26-24-. The average Bonchev–Trinajstić information content (AvgIpc) is 3.03. The summed E-state index contributed by atoms with van der Waals surface area (Å²) in [4.78, 5) is 21.4. The number of hydrogen-bond acceptors (Lipinski definition) is 2. The van der Waals surface area contributed by atoms with Crippen molar-refractivity contribution in [2.45, 2.75) is 231 Å². The lowest BCUT2D eigenvalue weighted by atomic mass is 10.0. The van der Waals surface area contributed by atoms with Crippen LogP contribution in [0.15, 0.2) is 24.3 Å². The van der Waals surface area contributed by atoms with Gasteiger partial charge in [-0.2, -0.15) is 0 Å². The summed E-state index contributed by atoms with van der Waals surface area (Å²) in [7, 11) is 0. The van der Waals surface area contributed by atoms with Crippen LogP contribution in [0.1, 0.15) is 231 Å². The Balaban J connectivity index is 3.12. The molecule has 0 spiro atoms. The second kappa shape index (κ2) is 39.6. The first-order chi connectivity index (χ1) is 22.6. The molecule has 0 aromatic rings. The first-order valence-electron chi connectivity index (χ1n) is 20.5. The van der Waals surface area contributed by atoms with Crippen LogP contribution in [-0.2, 0) is 9.59 Å². The maximum Gasteiger partial charge on any atom is 0.217 e. The summed E-state index contributed by atoms with van der Waals surface area (Å²) in [5.41, 5.74) is 10.3. The van der Waals surface area contributed by atoms with Crippen LogP contribution in [0, 0.1) is 0 Å². The number of carbonyl (C=O) groups is 2. The van der Waals surface area contributed by atoms with E-state index in [9.17, 15) is 9.59 Å². The molecule has 4 N–H and O–H groups in total. The van der Waals surface area contributed by atoms with Gasteiger partial charge in [-0.25, -0.2) is 0 Å². The van der Waals surface area contributed by atoms with Crippen molar-refractivity contribution in [3.05, 3.63) is 24.3 Å². The van der Waals surface area contributed by atoms with Crippen LogP contribution in [0.2, 0.25) is 0 Å². The molecular formula is C42H80N2O2. The number of allylic oxidation sites excluding steroid dienone is 4. The summed E-state index contributed by atoms with van der Waals surface area (Å²) in [6.45, 7) is 0. The Morgan fingerprint density at radius 2 is 0.413 bits per heavy atom. The van der Waals surface area contributed by atoms with E-state index in [0.29, 0.717) is 12.8 Å². The van der Waals surface area contributed by atoms with Crippen molar-refractivity contribution in [2.24, 2.45) is 11.5 Å². The number of amides is 2. The molecular weight excluding hydrogens is 564 g/mol. The molecule has 0 aliphatic heterocycles. The van der Waals surface area contributed by atoms with E-state index in [-0.39, 0.29) is 11.8 Å². The van der Waals surface area contributed by atoms with Crippen LogP contribution in [0.4, 0.5) is 0 Å². The minimum atomic E-state index is -0.163. The van der Waals surface area contributed by atoms with Crippen molar-refractivity contribution in [3.63, 3.8) is 0 Å². The third kappa shape index (κ3) is 42.4. The van der Waals surface area contributed by atoms with E-state index < -0.39 is 0 Å². The van der Waals surface area contributed by atoms with Gasteiger partial charge in [-0.05, 0) is 64.2 Å². The number of primary amides is 2. The van der Waals surface area contributed by atoms with Gasteiger partial charge in [0.2, 0.25) is 11.8 Å². The van der Waals surface area contributed by atoms with Crippen LogP contribution in [0.25, 0.3) is 0 Å². The molecule has 0 rings (SSSR count). The number of hydrogen-bond donors (Lipinski definition) is 2. The fourth-order valence-electron chi connectivity index (χ4n) is 6.36. The Bertz CT molecular complexity index is 629. The van der Waals surface area contributed by atoms with Gasteiger partial charge in [0.1, 0.15) is 0 Å². The summed E-state index contributed by atoms with van der Waals surface area (Å²) in [6.07, 6.45) is 55.9. The molecule has 0 atom stereocenters. The lowest BCUT2D eigenvalue weighted by Crippen LogP contribution is -2.09. The second-order valence-electron chi connectivity index (χ2n) is 14.1. The molecule has 0 heterocycles. The first kappa shape index (κ1) is 44.4. The van der Waals surface area contributed by atoms with E-state index in [0.717, 1.165) is 25.7 Å². The molecule has 0 radical (unpaired) electrons. The predicted molar refractivity (Wildman–Crippen MR) is 203 cm³/mol. The molecule has 0 fully saturated rings.